The predicted octanol–water partition coefficient (Wildman–Crippen LogP) is 0.00230. The van der Waals surface area contributed by atoms with Crippen LogP contribution in [0.5, 0.6) is 5.75 Å². The van der Waals surface area contributed by atoms with Crippen molar-refractivity contribution in [1.82, 2.24) is 15.5 Å². The number of piperazine rings is 1. The Morgan fingerprint density at radius 3 is 2.62 bits per heavy atom. The lowest BCUT2D eigenvalue weighted by Crippen LogP contribution is -2.60. The molecular weight excluding hydrogens is 358 g/mol. The number of esters is 1. The van der Waals surface area contributed by atoms with E-state index in [0.717, 1.165) is 5.56 Å². The van der Waals surface area contributed by atoms with Crippen molar-refractivity contribution in [3.8, 4) is 5.75 Å². The average Bonchev–Trinajstić information content (AvgIpc) is 2.63. The van der Waals surface area contributed by atoms with Crippen molar-refractivity contribution in [3.05, 3.63) is 29.8 Å². The lowest BCUT2D eigenvalue weighted by molar-refractivity contribution is -0.144. The minimum atomic E-state index is -0.801. The normalized spacial score (nSPS) is 16.5. The first kappa shape index (κ1) is 19.6. The van der Waals surface area contributed by atoms with E-state index in [9.17, 15) is 14.4 Å². The lowest BCUT2D eigenvalue weighted by atomic mass is 10.1. The molecule has 140 valence electrons. The van der Waals surface area contributed by atoms with Crippen LogP contribution in [0.4, 0.5) is 0 Å². The first-order valence-electron chi connectivity index (χ1n) is 8.02. The second-order valence-electron chi connectivity index (χ2n) is 5.66. The van der Waals surface area contributed by atoms with Crippen LogP contribution in [0.15, 0.2) is 24.3 Å². The molecule has 0 aromatic heterocycles. The molecule has 1 aromatic rings. The Labute approximate surface area is 156 Å². The van der Waals surface area contributed by atoms with Gasteiger partial charge >= 0.3 is 5.97 Å². The van der Waals surface area contributed by atoms with Gasteiger partial charge in [0, 0.05) is 13.1 Å². The molecule has 0 aliphatic carbocycles. The highest BCUT2D eigenvalue weighted by Gasteiger charge is 2.33. The second kappa shape index (κ2) is 9.14. The van der Waals surface area contributed by atoms with Gasteiger partial charge < -0.3 is 25.0 Å². The summed E-state index contributed by atoms with van der Waals surface area (Å²) in [5, 5.41) is 5.42. The van der Waals surface area contributed by atoms with Gasteiger partial charge in [-0.05, 0) is 29.9 Å². The number of benzene rings is 1. The quantitative estimate of drug-likeness (QED) is 0.549. The van der Waals surface area contributed by atoms with Crippen LogP contribution in [0.25, 0.3) is 0 Å². The molecule has 1 heterocycles. The van der Waals surface area contributed by atoms with Crippen molar-refractivity contribution >= 4 is 35.1 Å². The number of hydrogen-bond acceptors (Lipinski definition) is 6. The van der Waals surface area contributed by atoms with Crippen LogP contribution in [0.1, 0.15) is 12.0 Å². The van der Waals surface area contributed by atoms with Crippen molar-refractivity contribution in [2.24, 2.45) is 0 Å². The molecule has 0 saturated carbocycles. The average molecular weight is 379 g/mol. The molecule has 8 nitrogen and oxygen atoms in total. The van der Waals surface area contributed by atoms with E-state index in [1.165, 1.54) is 12.0 Å². The van der Waals surface area contributed by atoms with Gasteiger partial charge in [-0.25, -0.2) is 0 Å². The van der Waals surface area contributed by atoms with Crippen molar-refractivity contribution in [1.29, 1.82) is 0 Å². The largest absolute Gasteiger partial charge is 0.497 e. The zero-order valence-corrected chi connectivity index (χ0v) is 15.4. The fraction of sp³-hybridized carbons (Fsp3) is 0.412. The molecule has 9 heteroatoms. The second-order valence-corrected chi connectivity index (χ2v) is 6.05. The number of ether oxygens (including phenoxy) is 2. The maximum absolute atomic E-state index is 12.2. The van der Waals surface area contributed by atoms with Crippen molar-refractivity contribution < 1.29 is 23.9 Å². The van der Waals surface area contributed by atoms with E-state index in [4.69, 9.17) is 17.0 Å². The molecule has 1 aromatic carbocycles. The van der Waals surface area contributed by atoms with Crippen LogP contribution in [0, 0.1) is 0 Å². The topological polar surface area (TPSA) is 97.0 Å². The summed E-state index contributed by atoms with van der Waals surface area (Å²) in [6, 6.07) is 6.31. The first-order valence-corrected chi connectivity index (χ1v) is 8.43. The summed E-state index contributed by atoms with van der Waals surface area (Å²) >= 11 is 5.27. The first-order chi connectivity index (χ1) is 12.4. The molecule has 0 spiro atoms. The summed E-state index contributed by atoms with van der Waals surface area (Å²) in [6.45, 7) is 0.778. The number of carbonyl (C=O) groups excluding carboxylic acids is 3. The van der Waals surface area contributed by atoms with Crippen LogP contribution in [0.3, 0.4) is 0 Å². The predicted molar refractivity (Wildman–Crippen MR) is 97.6 cm³/mol. The van der Waals surface area contributed by atoms with E-state index < -0.39 is 12.0 Å². The highest BCUT2D eigenvalue weighted by Crippen LogP contribution is 2.13. The zero-order chi connectivity index (χ0) is 19.1. The van der Waals surface area contributed by atoms with Gasteiger partial charge in [-0.3, -0.25) is 14.4 Å². The summed E-state index contributed by atoms with van der Waals surface area (Å²) in [5.41, 5.74) is 0.800. The summed E-state index contributed by atoms with van der Waals surface area (Å²) in [6.07, 6.45) is -0.0112. The molecule has 1 unspecified atom stereocenters. The number of nitrogens with zero attached hydrogens (tertiary/aromatic N) is 1. The van der Waals surface area contributed by atoms with Gasteiger partial charge in [0.1, 0.15) is 11.8 Å². The number of rotatable bonds is 5. The number of amides is 2. The third-order valence-corrected chi connectivity index (χ3v) is 4.29. The molecule has 0 bridgehead atoms. The molecule has 1 aliphatic rings. The molecule has 1 fully saturated rings. The summed E-state index contributed by atoms with van der Waals surface area (Å²) in [4.78, 5) is 37.4. The van der Waals surface area contributed by atoms with Gasteiger partial charge in [0.15, 0.2) is 5.11 Å². The number of methoxy groups -OCH3 is 2. The molecule has 0 radical (unpaired) electrons. The van der Waals surface area contributed by atoms with Crippen molar-refractivity contribution in [2.75, 3.05) is 27.3 Å². The summed E-state index contributed by atoms with van der Waals surface area (Å²) in [5.74, 6) is -0.449. The minimum Gasteiger partial charge on any atom is -0.497 e. The minimum absolute atomic E-state index is 0.118. The maximum Gasteiger partial charge on any atom is 0.308 e. The van der Waals surface area contributed by atoms with Crippen molar-refractivity contribution in [3.63, 3.8) is 0 Å². The van der Waals surface area contributed by atoms with E-state index in [0.29, 0.717) is 18.8 Å². The Morgan fingerprint density at radius 1 is 1.31 bits per heavy atom. The number of thiocarbonyl (C=S) groups is 1. The van der Waals surface area contributed by atoms with Gasteiger partial charge in [0.05, 0.1) is 27.1 Å². The Hall–Kier alpha value is -2.68. The third-order valence-electron chi connectivity index (χ3n) is 3.95. The van der Waals surface area contributed by atoms with Crippen LogP contribution >= 0.6 is 12.2 Å². The molecule has 1 saturated heterocycles. The van der Waals surface area contributed by atoms with E-state index in [1.807, 2.05) is 0 Å². The van der Waals surface area contributed by atoms with E-state index in [1.54, 1.807) is 31.4 Å². The standard InChI is InChI=1S/C17H21N3O5S/c1-24-12-5-3-11(4-6-12)9-14(21)19-17(26)20-8-7-18-16(23)13(20)10-15(22)25-2/h3-6,13H,7-10H2,1-2H3,(H,18,23)(H,19,21,26). The van der Waals surface area contributed by atoms with Gasteiger partial charge in [0.2, 0.25) is 11.8 Å². The molecule has 2 rings (SSSR count). The molecule has 1 aliphatic heterocycles. The maximum atomic E-state index is 12.2. The van der Waals surface area contributed by atoms with Crippen LogP contribution in [-0.4, -0.2) is 61.1 Å². The fourth-order valence-corrected chi connectivity index (χ4v) is 2.90. The SMILES string of the molecule is COC(=O)CC1C(=O)NCCN1C(=S)NC(=O)Cc1ccc(OC)cc1. The Bertz CT molecular complexity index is 692. The molecule has 1 atom stereocenters. The van der Waals surface area contributed by atoms with Gasteiger partial charge in [0.25, 0.3) is 0 Å². The van der Waals surface area contributed by atoms with Gasteiger partial charge in [-0.15, -0.1) is 0 Å². The summed E-state index contributed by atoms with van der Waals surface area (Å²) < 4.78 is 9.70. The Morgan fingerprint density at radius 2 is 2.00 bits per heavy atom. The van der Waals surface area contributed by atoms with Gasteiger partial charge in [-0.1, -0.05) is 12.1 Å². The number of carbonyl (C=O) groups is 3. The monoisotopic (exact) mass is 379 g/mol. The molecule has 2 N–H and O–H groups in total. The smallest absolute Gasteiger partial charge is 0.308 e. The van der Waals surface area contributed by atoms with E-state index in [-0.39, 0.29) is 29.8 Å². The fourth-order valence-electron chi connectivity index (χ4n) is 2.57. The number of nitrogens with one attached hydrogen (secondary N) is 2. The van der Waals surface area contributed by atoms with E-state index >= 15 is 0 Å². The van der Waals surface area contributed by atoms with Crippen molar-refractivity contribution in [2.45, 2.75) is 18.9 Å². The Balaban J connectivity index is 1.97. The highest BCUT2D eigenvalue weighted by atomic mass is 32.1. The molecule has 2 amide bonds. The Kier molecular flexibility index (Phi) is 6.90. The van der Waals surface area contributed by atoms with Gasteiger partial charge in [-0.2, -0.15) is 0 Å². The highest BCUT2D eigenvalue weighted by molar-refractivity contribution is 7.80. The van der Waals surface area contributed by atoms with Crippen LogP contribution in [0.2, 0.25) is 0 Å². The zero-order valence-electron chi connectivity index (χ0n) is 14.6. The van der Waals surface area contributed by atoms with E-state index in [2.05, 4.69) is 15.4 Å². The van der Waals surface area contributed by atoms with Crippen LogP contribution < -0.4 is 15.4 Å². The molecular formula is C17H21N3O5S. The summed E-state index contributed by atoms with van der Waals surface area (Å²) in [7, 11) is 2.82. The lowest BCUT2D eigenvalue weighted by Gasteiger charge is -2.36. The van der Waals surface area contributed by atoms with Crippen LogP contribution in [-0.2, 0) is 25.5 Å². The third kappa shape index (κ3) is 5.16. The molecule has 26 heavy (non-hydrogen) atoms. The number of hydrogen-bond donors (Lipinski definition) is 2.